The SMILES string of the molecule is CCCCNC(=O)[C@H](C)N(Cc1cccc(Cl)c1)C(=O)CCCN(c1cc(C)ccc1C)S(C)(=O)=O. The Labute approximate surface area is 220 Å². The number of hydrogen-bond acceptors (Lipinski definition) is 4. The lowest BCUT2D eigenvalue weighted by Crippen LogP contribution is -2.48. The summed E-state index contributed by atoms with van der Waals surface area (Å²) in [7, 11) is -3.54. The third-order valence-corrected chi connectivity index (χ3v) is 7.44. The van der Waals surface area contributed by atoms with Crippen LogP contribution in [0, 0.1) is 13.8 Å². The average Bonchev–Trinajstić information content (AvgIpc) is 2.81. The van der Waals surface area contributed by atoms with Crippen molar-refractivity contribution in [3.05, 3.63) is 64.2 Å². The van der Waals surface area contributed by atoms with E-state index < -0.39 is 16.1 Å². The Bertz CT molecular complexity index is 1150. The molecule has 7 nitrogen and oxygen atoms in total. The van der Waals surface area contributed by atoms with Gasteiger partial charge >= 0.3 is 0 Å². The van der Waals surface area contributed by atoms with Crippen LogP contribution in [-0.4, -0.2) is 50.5 Å². The second-order valence-corrected chi connectivity index (χ2v) is 11.5. The smallest absolute Gasteiger partial charge is 0.242 e. The summed E-state index contributed by atoms with van der Waals surface area (Å²) in [6.07, 6.45) is 3.40. The van der Waals surface area contributed by atoms with Gasteiger partial charge in [0.05, 0.1) is 11.9 Å². The first kappa shape index (κ1) is 29.6. The third kappa shape index (κ3) is 8.82. The van der Waals surface area contributed by atoms with E-state index in [1.165, 1.54) is 15.5 Å². The molecule has 9 heteroatoms. The molecule has 0 saturated heterocycles. The largest absolute Gasteiger partial charge is 0.354 e. The molecule has 2 aromatic rings. The van der Waals surface area contributed by atoms with Gasteiger partial charge in [-0.2, -0.15) is 0 Å². The fourth-order valence-electron chi connectivity index (χ4n) is 3.92. The van der Waals surface area contributed by atoms with Crippen molar-refractivity contribution < 1.29 is 18.0 Å². The number of nitrogens with zero attached hydrogens (tertiary/aromatic N) is 2. The summed E-state index contributed by atoms with van der Waals surface area (Å²) in [5.74, 6) is -0.436. The summed E-state index contributed by atoms with van der Waals surface area (Å²) in [6, 6.07) is 12.2. The van der Waals surface area contributed by atoms with Crippen LogP contribution in [0.25, 0.3) is 0 Å². The monoisotopic (exact) mass is 535 g/mol. The maximum atomic E-state index is 13.3. The number of carbonyl (C=O) groups excluding carboxylic acids is 2. The number of sulfonamides is 1. The molecule has 1 N–H and O–H groups in total. The van der Waals surface area contributed by atoms with Gasteiger partial charge in [0.1, 0.15) is 6.04 Å². The van der Waals surface area contributed by atoms with E-state index in [1.807, 2.05) is 45.0 Å². The molecular formula is C27H38ClN3O4S. The quantitative estimate of drug-likeness (QED) is 0.372. The van der Waals surface area contributed by atoms with Crippen LogP contribution in [0.1, 0.15) is 56.2 Å². The van der Waals surface area contributed by atoms with E-state index in [1.54, 1.807) is 25.1 Å². The number of hydrogen-bond donors (Lipinski definition) is 1. The zero-order valence-corrected chi connectivity index (χ0v) is 23.5. The molecule has 0 heterocycles. The summed E-state index contributed by atoms with van der Waals surface area (Å²) in [5, 5.41) is 3.45. The van der Waals surface area contributed by atoms with Crippen molar-refractivity contribution in [3.8, 4) is 0 Å². The van der Waals surface area contributed by atoms with Gasteiger partial charge in [-0.05, 0) is 68.5 Å². The minimum Gasteiger partial charge on any atom is -0.354 e. The van der Waals surface area contributed by atoms with E-state index in [9.17, 15) is 18.0 Å². The van der Waals surface area contributed by atoms with E-state index in [0.29, 0.717) is 23.7 Å². The predicted molar refractivity (Wildman–Crippen MR) is 147 cm³/mol. The van der Waals surface area contributed by atoms with E-state index in [2.05, 4.69) is 5.32 Å². The van der Waals surface area contributed by atoms with Crippen LogP contribution < -0.4 is 9.62 Å². The summed E-state index contributed by atoms with van der Waals surface area (Å²) in [5.41, 5.74) is 3.23. The van der Waals surface area contributed by atoms with Gasteiger partial charge in [0.2, 0.25) is 21.8 Å². The summed E-state index contributed by atoms with van der Waals surface area (Å²) >= 11 is 6.13. The van der Waals surface area contributed by atoms with Crippen molar-refractivity contribution in [1.82, 2.24) is 10.2 Å². The van der Waals surface area contributed by atoms with Gasteiger partial charge in [0.25, 0.3) is 0 Å². The van der Waals surface area contributed by atoms with Crippen LogP contribution in [-0.2, 0) is 26.2 Å². The Balaban J connectivity index is 2.18. The highest BCUT2D eigenvalue weighted by Gasteiger charge is 2.27. The molecule has 0 unspecified atom stereocenters. The number of benzene rings is 2. The number of carbonyl (C=O) groups is 2. The average molecular weight is 536 g/mol. The number of rotatable bonds is 13. The molecule has 0 aliphatic heterocycles. The molecule has 0 aromatic heterocycles. The molecule has 2 amide bonds. The van der Waals surface area contributed by atoms with Gasteiger partial charge in [-0.15, -0.1) is 0 Å². The van der Waals surface area contributed by atoms with Gasteiger partial charge in [-0.3, -0.25) is 13.9 Å². The summed E-state index contributed by atoms with van der Waals surface area (Å²) < 4.78 is 26.5. The van der Waals surface area contributed by atoms with Gasteiger partial charge in [-0.25, -0.2) is 8.42 Å². The number of unbranched alkanes of at least 4 members (excludes halogenated alkanes) is 1. The number of aryl methyl sites for hydroxylation is 2. The third-order valence-electron chi connectivity index (χ3n) is 6.02. The number of halogens is 1. The molecule has 0 aliphatic rings. The lowest BCUT2D eigenvalue weighted by atomic mass is 10.1. The molecule has 1 atom stereocenters. The molecule has 2 rings (SSSR count). The molecule has 0 spiro atoms. The van der Waals surface area contributed by atoms with Crippen LogP contribution in [0.15, 0.2) is 42.5 Å². The van der Waals surface area contributed by atoms with Crippen LogP contribution in [0.5, 0.6) is 0 Å². The minimum absolute atomic E-state index is 0.101. The molecule has 0 fully saturated rings. The highest BCUT2D eigenvalue weighted by Crippen LogP contribution is 2.25. The van der Waals surface area contributed by atoms with Crippen molar-refractivity contribution in [2.75, 3.05) is 23.7 Å². The fraction of sp³-hybridized carbons (Fsp3) is 0.481. The molecule has 36 heavy (non-hydrogen) atoms. The van der Waals surface area contributed by atoms with Crippen molar-refractivity contribution in [2.45, 2.75) is 66.0 Å². The van der Waals surface area contributed by atoms with Crippen molar-refractivity contribution in [1.29, 1.82) is 0 Å². The summed E-state index contributed by atoms with van der Waals surface area (Å²) in [6.45, 7) is 8.48. The zero-order valence-electron chi connectivity index (χ0n) is 21.9. The van der Waals surface area contributed by atoms with E-state index in [4.69, 9.17) is 11.6 Å². The molecule has 0 radical (unpaired) electrons. The predicted octanol–water partition coefficient (Wildman–Crippen LogP) is 4.84. The van der Waals surface area contributed by atoms with E-state index in [-0.39, 0.29) is 31.3 Å². The zero-order chi connectivity index (χ0) is 26.9. The van der Waals surface area contributed by atoms with Crippen LogP contribution in [0.2, 0.25) is 5.02 Å². The van der Waals surface area contributed by atoms with Gasteiger partial charge in [0, 0.05) is 31.1 Å². The lowest BCUT2D eigenvalue weighted by molar-refractivity contribution is -0.140. The highest BCUT2D eigenvalue weighted by molar-refractivity contribution is 7.92. The molecule has 0 saturated carbocycles. The Morgan fingerprint density at radius 2 is 1.81 bits per heavy atom. The van der Waals surface area contributed by atoms with Crippen molar-refractivity contribution in [3.63, 3.8) is 0 Å². The summed E-state index contributed by atoms with van der Waals surface area (Å²) in [4.78, 5) is 27.6. The first-order valence-corrected chi connectivity index (χ1v) is 14.5. The highest BCUT2D eigenvalue weighted by atomic mass is 35.5. The van der Waals surface area contributed by atoms with Gasteiger partial charge in [0.15, 0.2) is 0 Å². The molecule has 0 aliphatic carbocycles. The molecule has 198 valence electrons. The fourth-order valence-corrected chi connectivity index (χ4v) is 5.15. The Kier molecular flexibility index (Phi) is 11.2. The minimum atomic E-state index is -3.54. The molecule has 0 bridgehead atoms. The van der Waals surface area contributed by atoms with Gasteiger partial charge in [-0.1, -0.05) is 49.2 Å². The lowest BCUT2D eigenvalue weighted by Gasteiger charge is -2.29. The van der Waals surface area contributed by atoms with Crippen molar-refractivity contribution in [2.24, 2.45) is 0 Å². The van der Waals surface area contributed by atoms with Crippen LogP contribution >= 0.6 is 11.6 Å². The van der Waals surface area contributed by atoms with Gasteiger partial charge < -0.3 is 10.2 Å². The van der Waals surface area contributed by atoms with Crippen LogP contribution in [0.4, 0.5) is 5.69 Å². The van der Waals surface area contributed by atoms with E-state index >= 15 is 0 Å². The first-order chi connectivity index (χ1) is 16.9. The number of anilines is 1. The van der Waals surface area contributed by atoms with Crippen molar-refractivity contribution >= 4 is 39.1 Å². The molecular weight excluding hydrogens is 498 g/mol. The van der Waals surface area contributed by atoms with Crippen LogP contribution in [0.3, 0.4) is 0 Å². The topological polar surface area (TPSA) is 86.8 Å². The number of amides is 2. The molecule has 2 aromatic carbocycles. The van der Waals surface area contributed by atoms with E-state index in [0.717, 1.165) is 29.5 Å². The second-order valence-electron chi connectivity index (χ2n) is 9.20. The normalized spacial score (nSPS) is 12.2. The Morgan fingerprint density at radius 3 is 2.44 bits per heavy atom. The first-order valence-electron chi connectivity index (χ1n) is 12.3. The maximum Gasteiger partial charge on any atom is 0.242 e. The maximum absolute atomic E-state index is 13.3. The Hall–Kier alpha value is -2.58. The second kappa shape index (κ2) is 13.7. The standard InChI is InChI=1S/C27H38ClN3O4S/c1-6-7-15-29-27(33)22(4)30(19-23-10-8-11-24(28)18-23)26(32)12-9-16-31(36(5,34)35)25-17-20(2)13-14-21(25)3/h8,10-11,13-14,17-18,22H,6-7,9,12,15-16,19H2,1-5H3,(H,29,33)/t22-/m0/s1. The number of nitrogens with one attached hydrogen (secondary N) is 1. The Morgan fingerprint density at radius 1 is 1.08 bits per heavy atom.